The fourth-order valence-electron chi connectivity index (χ4n) is 4.39. The lowest BCUT2D eigenvalue weighted by Gasteiger charge is -2.17. The number of nitrogens with one attached hydrogen (secondary N) is 4. The van der Waals surface area contributed by atoms with Crippen LogP contribution in [0.15, 0.2) is 47.5 Å². The van der Waals surface area contributed by atoms with Crippen LogP contribution in [0.2, 0.25) is 10.0 Å². The lowest BCUT2D eigenvalue weighted by Crippen LogP contribution is -2.42. The van der Waals surface area contributed by atoms with E-state index in [-0.39, 0.29) is 39.9 Å². The second kappa shape index (κ2) is 11.6. The minimum atomic E-state index is -1.19. The number of nitrogens with zero attached hydrogens (tertiary/aromatic N) is 1. The third kappa shape index (κ3) is 6.47. The van der Waals surface area contributed by atoms with E-state index in [4.69, 9.17) is 23.2 Å². The molecule has 0 aromatic heterocycles. The number of amides is 2. The van der Waals surface area contributed by atoms with Gasteiger partial charge in [0.05, 0.1) is 22.2 Å². The molecule has 1 saturated carbocycles. The molecule has 3 atom stereocenters. The van der Waals surface area contributed by atoms with Gasteiger partial charge >= 0.3 is 5.97 Å². The second-order valence-electron chi connectivity index (χ2n) is 8.86. The van der Waals surface area contributed by atoms with E-state index in [1.54, 1.807) is 30.3 Å². The summed E-state index contributed by atoms with van der Waals surface area (Å²) < 4.78 is 0. The van der Waals surface area contributed by atoms with E-state index >= 15 is 0 Å². The summed E-state index contributed by atoms with van der Waals surface area (Å²) in [5, 5.41) is 21.9. The molecule has 0 unspecified atom stereocenters. The minimum Gasteiger partial charge on any atom is -0.480 e. The van der Waals surface area contributed by atoms with Crippen molar-refractivity contribution in [1.82, 2.24) is 16.0 Å². The van der Waals surface area contributed by atoms with Gasteiger partial charge in [0.25, 0.3) is 5.91 Å². The first-order chi connectivity index (χ1) is 17.3. The van der Waals surface area contributed by atoms with Crippen LogP contribution in [0.5, 0.6) is 0 Å². The van der Waals surface area contributed by atoms with E-state index < -0.39 is 17.9 Å². The third-order valence-corrected chi connectivity index (χ3v) is 6.90. The van der Waals surface area contributed by atoms with Crippen LogP contribution in [0.1, 0.15) is 35.2 Å². The van der Waals surface area contributed by atoms with Crippen LogP contribution in [0.25, 0.3) is 0 Å². The van der Waals surface area contributed by atoms with E-state index in [0.29, 0.717) is 11.3 Å². The molecule has 2 amide bonds. The monoisotopic (exact) mass is 531 g/mol. The van der Waals surface area contributed by atoms with E-state index in [2.05, 4.69) is 26.3 Å². The molecule has 1 heterocycles. The second-order valence-corrected chi connectivity index (χ2v) is 9.67. The van der Waals surface area contributed by atoms with Crippen molar-refractivity contribution < 1.29 is 19.5 Å². The van der Waals surface area contributed by atoms with Gasteiger partial charge in [0.15, 0.2) is 5.96 Å². The summed E-state index contributed by atoms with van der Waals surface area (Å²) in [5.74, 6) is -1.18. The van der Waals surface area contributed by atoms with Crippen molar-refractivity contribution in [2.75, 3.05) is 18.4 Å². The number of hydrogen-bond donors (Lipinski definition) is 5. The van der Waals surface area contributed by atoms with Gasteiger partial charge in [-0.3, -0.25) is 14.6 Å². The molecule has 1 fully saturated rings. The Labute approximate surface area is 218 Å². The zero-order chi connectivity index (χ0) is 25.7. The zero-order valence-electron chi connectivity index (χ0n) is 19.4. The summed E-state index contributed by atoms with van der Waals surface area (Å²) in [5.41, 5.74) is 1.34. The van der Waals surface area contributed by atoms with Crippen molar-refractivity contribution in [1.29, 1.82) is 0 Å². The highest BCUT2D eigenvalue weighted by Gasteiger charge is 2.31. The number of aliphatic carboxylic acids is 1. The van der Waals surface area contributed by atoms with Crippen LogP contribution >= 0.6 is 23.2 Å². The average Bonchev–Trinajstić information content (AvgIpc) is 3.52. The first-order valence-corrected chi connectivity index (χ1v) is 12.5. The number of halogens is 2. The molecular formula is C25H27Cl2N5O4. The standard InChI is InChI=1S/C25H27Cl2N5O4/c26-18-2-1-3-19(27)21(18)23(34)32-20(24(35)36)12-14-4-7-16(8-5-14)30-22(33)15-6-9-17(13-15)31-25-28-10-11-29-25/h1-5,7-8,15,17,20H,6,9-13H2,(H,30,33)(H,32,34)(H,35,36)(H2,28,29,31)/t15-,17-,20-/m0/s1. The zero-order valence-corrected chi connectivity index (χ0v) is 20.9. The van der Waals surface area contributed by atoms with Gasteiger partial charge in [-0.15, -0.1) is 0 Å². The highest BCUT2D eigenvalue weighted by Crippen LogP contribution is 2.27. The number of carbonyl (C=O) groups excluding carboxylic acids is 2. The SMILES string of the molecule is O=C(N[C@@H](Cc1ccc(NC(=O)[C@H]2CC[C@H](NC3=NCCN3)C2)cc1)C(=O)O)c1c(Cl)cccc1Cl. The van der Waals surface area contributed by atoms with Gasteiger partial charge in [-0.25, -0.2) is 4.79 Å². The number of carboxylic acid groups (broad SMARTS) is 1. The van der Waals surface area contributed by atoms with Gasteiger partial charge < -0.3 is 26.4 Å². The maximum Gasteiger partial charge on any atom is 0.326 e. The lowest BCUT2D eigenvalue weighted by atomic mass is 10.0. The number of benzene rings is 2. The van der Waals surface area contributed by atoms with Crippen molar-refractivity contribution in [3.05, 3.63) is 63.6 Å². The highest BCUT2D eigenvalue weighted by molar-refractivity contribution is 6.39. The molecule has 5 N–H and O–H groups in total. The number of aliphatic imine (C=N–C) groups is 1. The van der Waals surface area contributed by atoms with Crippen LogP contribution in [0.3, 0.4) is 0 Å². The van der Waals surface area contributed by atoms with Crippen LogP contribution < -0.4 is 21.3 Å². The molecular weight excluding hydrogens is 505 g/mol. The summed E-state index contributed by atoms with van der Waals surface area (Å²) in [7, 11) is 0. The Balaban J connectivity index is 1.31. The number of guanidine groups is 1. The summed E-state index contributed by atoms with van der Waals surface area (Å²) in [6.07, 6.45) is 2.48. The summed E-state index contributed by atoms with van der Waals surface area (Å²) in [4.78, 5) is 41.5. The number of anilines is 1. The average molecular weight is 532 g/mol. The molecule has 2 aliphatic rings. The maximum atomic E-state index is 12.7. The molecule has 0 saturated heterocycles. The lowest BCUT2D eigenvalue weighted by molar-refractivity contribution is -0.139. The van der Waals surface area contributed by atoms with Gasteiger partial charge in [0.2, 0.25) is 5.91 Å². The highest BCUT2D eigenvalue weighted by atomic mass is 35.5. The van der Waals surface area contributed by atoms with Gasteiger partial charge in [-0.1, -0.05) is 41.4 Å². The number of carboxylic acids is 1. The van der Waals surface area contributed by atoms with E-state index in [1.807, 2.05) is 0 Å². The Morgan fingerprint density at radius 1 is 1.08 bits per heavy atom. The summed E-state index contributed by atoms with van der Waals surface area (Å²) in [6.45, 7) is 1.61. The van der Waals surface area contributed by atoms with Gasteiger partial charge in [0.1, 0.15) is 6.04 Å². The molecule has 0 radical (unpaired) electrons. The number of carbonyl (C=O) groups is 3. The molecule has 36 heavy (non-hydrogen) atoms. The predicted molar refractivity (Wildman–Crippen MR) is 139 cm³/mol. The van der Waals surface area contributed by atoms with Crippen LogP contribution in [-0.2, 0) is 16.0 Å². The Kier molecular flexibility index (Phi) is 8.32. The van der Waals surface area contributed by atoms with Crippen molar-refractivity contribution in [3.8, 4) is 0 Å². The smallest absolute Gasteiger partial charge is 0.326 e. The van der Waals surface area contributed by atoms with Crippen LogP contribution in [0.4, 0.5) is 5.69 Å². The quantitative estimate of drug-likeness (QED) is 0.355. The molecule has 4 rings (SSSR count). The normalized spacial score (nSPS) is 19.7. The molecule has 9 nitrogen and oxygen atoms in total. The molecule has 190 valence electrons. The van der Waals surface area contributed by atoms with Crippen molar-refractivity contribution in [3.63, 3.8) is 0 Å². The Morgan fingerprint density at radius 3 is 2.44 bits per heavy atom. The fraction of sp³-hybridized carbons (Fsp3) is 0.360. The van der Waals surface area contributed by atoms with Crippen molar-refractivity contribution in [2.24, 2.45) is 10.9 Å². The first kappa shape index (κ1) is 25.8. The predicted octanol–water partition coefficient (Wildman–Crippen LogP) is 3.08. The van der Waals surface area contributed by atoms with Gasteiger partial charge in [-0.2, -0.15) is 0 Å². The Hall–Kier alpha value is -3.30. The molecule has 2 aromatic carbocycles. The topological polar surface area (TPSA) is 132 Å². The summed E-state index contributed by atoms with van der Waals surface area (Å²) in [6, 6.07) is 10.5. The molecule has 1 aliphatic carbocycles. The van der Waals surface area contributed by atoms with E-state index in [1.165, 1.54) is 12.1 Å². The number of rotatable bonds is 8. The minimum absolute atomic E-state index is 0.0296. The Bertz CT molecular complexity index is 1150. The summed E-state index contributed by atoms with van der Waals surface area (Å²) >= 11 is 12.1. The molecule has 11 heteroatoms. The van der Waals surface area contributed by atoms with Crippen molar-refractivity contribution in [2.45, 2.75) is 37.8 Å². The van der Waals surface area contributed by atoms with Crippen LogP contribution in [0, 0.1) is 5.92 Å². The van der Waals surface area contributed by atoms with Gasteiger partial charge in [0, 0.05) is 30.6 Å². The third-order valence-electron chi connectivity index (χ3n) is 6.27. The van der Waals surface area contributed by atoms with E-state index in [0.717, 1.165) is 38.3 Å². The van der Waals surface area contributed by atoms with Crippen molar-refractivity contribution >= 4 is 52.6 Å². The van der Waals surface area contributed by atoms with E-state index in [9.17, 15) is 19.5 Å². The number of hydrogen-bond acceptors (Lipinski definition) is 6. The first-order valence-electron chi connectivity index (χ1n) is 11.7. The molecule has 1 aliphatic heterocycles. The molecule has 2 aromatic rings. The fourth-order valence-corrected chi connectivity index (χ4v) is 4.96. The largest absolute Gasteiger partial charge is 0.480 e. The van der Waals surface area contributed by atoms with Gasteiger partial charge in [-0.05, 0) is 49.1 Å². The molecule has 0 spiro atoms. The van der Waals surface area contributed by atoms with Crippen LogP contribution in [-0.4, -0.2) is 54.0 Å². The Morgan fingerprint density at radius 2 is 1.81 bits per heavy atom. The maximum absolute atomic E-state index is 12.7. The molecule has 0 bridgehead atoms.